The molecule has 1 atom stereocenters. The van der Waals surface area contributed by atoms with Crippen LogP contribution in [0.5, 0.6) is 0 Å². The zero-order valence-corrected chi connectivity index (χ0v) is 11.8. The third kappa shape index (κ3) is 2.42. The Balaban J connectivity index is 1.91. The van der Waals surface area contributed by atoms with Gasteiger partial charge in [-0.05, 0) is 25.1 Å². The highest BCUT2D eigenvalue weighted by Gasteiger charge is 2.11. The Morgan fingerprint density at radius 3 is 2.76 bits per heavy atom. The highest BCUT2D eigenvalue weighted by atomic mass is 19.1. The van der Waals surface area contributed by atoms with Crippen molar-refractivity contribution in [3.8, 4) is 0 Å². The zero-order valence-electron chi connectivity index (χ0n) is 11.8. The summed E-state index contributed by atoms with van der Waals surface area (Å²) in [6, 6.07) is 11.8. The largest absolute Gasteiger partial charge is 0.419 e. The monoisotopic (exact) mass is 286 g/mol. The van der Waals surface area contributed by atoms with E-state index in [4.69, 9.17) is 4.42 Å². The van der Waals surface area contributed by atoms with Crippen LogP contribution in [0, 0.1) is 5.82 Å². The molecule has 0 aliphatic rings. The summed E-state index contributed by atoms with van der Waals surface area (Å²) in [5.74, 6) is -0.644. The fraction of sp³-hybridized carbons (Fsp3) is 0.188. The topological polar surface area (TPSA) is 47.2 Å². The number of benzene rings is 2. The van der Waals surface area contributed by atoms with E-state index >= 15 is 0 Å². The first-order valence-electron chi connectivity index (χ1n) is 6.67. The lowest BCUT2D eigenvalue weighted by Gasteiger charge is -2.16. The molecular formula is C16H15FN2O2. The van der Waals surface area contributed by atoms with Gasteiger partial charge in [-0.3, -0.25) is 4.57 Å². The number of nitrogens with one attached hydrogen (secondary N) is 1. The predicted octanol–water partition coefficient (Wildman–Crippen LogP) is 3.44. The standard InChI is InChI=1S/C16H15FN2O2/c1-10(12-5-3-4-6-13(12)17)18-11-7-8-14-15(9-11)21-16(20)19(14)2/h3-10,18H,1-2H3/t10-/m1/s1. The molecule has 21 heavy (non-hydrogen) atoms. The molecule has 0 amide bonds. The number of hydrogen-bond donors (Lipinski definition) is 1. The number of fused-ring (bicyclic) bond motifs is 1. The number of rotatable bonds is 3. The minimum Gasteiger partial charge on any atom is -0.408 e. The quantitative estimate of drug-likeness (QED) is 0.802. The Morgan fingerprint density at radius 1 is 1.24 bits per heavy atom. The van der Waals surface area contributed by atoms with Crippen molar-refractivity contribution in [1.29, 1.82) is 0 Å². The lowest BCUT2D eigenvalue weighted by Crippen LogP contribution is -2.08. The van der Waals surface area contributed by atoms with E-state index in [1.165, 1.54) is 10.6 Å². The minimum absolute atomic E-state index is 0.195. The molecule has 0 fully saturated rings. The summed E-state index contributed by atoms with van der Waals surface area (Å²) < 4.78 is 20.3. The molecule has 0 spiro atoms. The SMILES string of the molecule is C[C@@H](Nc1ccc2c(c1)oc(=O)n2C)c1ccccc1F. The van der Waals surface area contributed by atoms with Gasteiger partial charge in [0.2, 0.25) is 0 Å². The van der Waals surface area contributed by atoms with Crippen LogP contribution < -0.4 is 11.1 Å². The van der Waals surface area contributed by atoms with Crippen LogP contribution in [0.2, 0.25) is 0 Å². The Labute approximate surface area is 120 Å². The van der Waals surface area contributed by atoms with Crippen molar-refractivity contribution >= 4 is 16.8 Å². The van der Waals surface area contributed by atoms with E-state index in [2.05, 4.69) is 5.32 Å². The molecule has 0 saturated carbocycles. The van der Waals surface area contributed by atoms with E-state index in [0.717, 1.165) is 11.2 Å². The van der Waals surface area contributed by atoms with Gasteiger partial charge in [-0.25, -0.2) is 9.18 Å². The van der Waals surface area contributed by atoms with E-state index < -0.39 is 5.76 Å². The number of aryl methyl sites for hydroxylation is 1. The minimum atomic E-state index is -0.399. The van der Waals surface area contributed by atoms with Gasteiger partial charge < -0.3 is 9.73 Å². The van der Waals surface area contributed by atoms with Crippen molar-refractivity contribution in [3.05, 3.63) is 64.4 Å². The fourth-order valence-corrected chi connectivity index (χ4v) is 2.38. The van der Waals surface area contributed by atoms with Crippen molar-refractivity contribution in [2.45, 2.75) is 13.0 Å². The van der Waals surface area contributed by atoms with Crippen molar-refractivity contribution in [2.75, 3.05) is 5.32 Å². The summed E-state index contributed by atoms with van der Waals surface area (Å²) in [6.45, 7) is 1.88. The van der Waals surface area contributed by atoms with Crippen LogP contribution >= 0.6 is 0 Å². The zero-order chi connectivity index (χ0) is 15.0. The van der Waals surface area contributed by atoms with Gasteiger partial charge in [0.05, 0.1) is 11.6 Å². The average Bonchev–Trinajstić information content (AvgIpc) is 2.74. The van der Waals surface area contributed by atoms with Crippen LogP contribution in [-0.4, -0.2) is 4.57 Å². The molecule has 1 heterocycles. The Kier molecular flexibility index (Phi) is 3.25. The van der Waals surface area contributed by atoms with E-state index in [9.17, 15) is 9.18 Å². The molecule has 2 aromatic carbocycles. The molecule has 0 bridgehead atoms. The van der Waals surface area contributed by atoms with Gasteiger partial charge in [-0.1, -0.05) is 18.2 Å². The average molecular weight is 286 g/mol. The molecule has 0 unspecified atom stereocenters. The van der Waals surface area contributed by atoms with Crippen LogP contribution in [0.3, 0.4) is 0 Å². The molecule has 3 rings (SSSR count). The van der Waals surface area contributed by atoms with E-state index in [0.29, 0.717) is 11.1 Å². The van der Waals surface area contributed by atoms with E-state index in [1.54, 1.807) is 37.4 Å². The van der Waals surface area contributed by atoms with Crippen molar-refractivity contribution in [3.63, 3.8) is 0 Å². The van der Waals surface area contributed by atoms with Crippen LogP contribution in [0.4, 0.5) is 10.1 Å². The summed E-state index contributed by atoms with van der Waals surface area (Å²) in [6.07, 6.45) is 0. The first-order chi connectivity index (χ1) is 10.1. The molecule has 0 aliphatic carbocycles. The number of aromatic nitrogens is 1. The van der Waals surface area contributed by atoms with Crippen molar-refractivity contribution in [1.82, 2.24) is 4.57 Å². The van der Waals surface area contributed by atoms with Crippen LogP contribution in [-0.2, 0) is 7.05 Å². The summed E-state index contributed by atoms with van der Waals surface area (Å²) in [4.78, 5) is 11.5. The van der Waals surface area contributed by atoms with Gasteiger partial charge in [0, 0.05) is 24.4 Å². The molecule has 1 N–H and O–H groups in total. The second kappa shape index (κ2) is 5.09. The highest BCUT2D eigenvalue weighted by Crippen LogP contribution is 2.24. The van der Waals surface area contributed by atoms with E-state index in [-0.39, 0.29) is 11.9 Å². The molecule has 3 aromatic rings. The normalized spacial score (nSPS) is 12.5. The van der Waals surface area contributed by atoms with Gasteiger partial charge >= 0.3 is 5.76 Å². The Morgan fingerprint density at radius 2 is 2.00 bits per heavy atom. The smallest absolute Gasteiger partial charge is 0.408 e. The second-order valence-corrected chi connectivity index (χ2v) is 5.00. The number of anilines is 1. The first kappa shape index (κ1) is 13.4. The molecule has 1 aromatic heterocycles. The van der Waals surface area contributed by atoms with Crippen LogP contribution in [0.15, 0.2) is 51.7 Å². The molecule has 0 radical (unpaired) electrons. The third-order valence-corrected chi connectivity index (χ3v) is 3.55. The maximum atomic E-state index is 13.7. The first-order valence-corrected chi connectivity index (χ1v) is 6.67. The van der Waals surface area contributed by atoms with E-state index in [1.807, 2.05) is 13.0 Å². The maximum Gasteiger partial charge on any atom is 0.419 e. The Hall–Kier alpha value is -2.56. The molecular weight excluding hydrogens is 271 g/mol. The molecule has 4 nitrogen and oxygen atoms in total. The second-order valence-electron chi connectivity index (χ2n) is 5.00. The van der Waals surface area contributed by atoms with Gasteiger partial charge in [0.1, 0.15) is 5.82 Å². The van der Waals surface area contributed by atoms with Crippen LogP contribution in [0.1, 0.15) is 18.5 Å². The number of halogens is 1. The summed E-state index contributed by atoms with van der Waals surface area (Å²) in [5, 5.41) is 3.21. The third-order valence-electron chi connectivity index (χ3n) is 3.55. The lowest BCUT2D eigenvalue weighted by molar-refractivity contribution is 0.528. The van der Waals surface area contributed by atoms with Gasteiger partial charge in [0.15, 0.2) is 5.58 Å². The Bertz CT molecular complexity index is 851. The van der Waals surface area contributed by atoms with Crippen molar-refractivity contribution in [2.24, 2.45) is 7.05 Å². The fourth-order valence-electron chi connectivity index (χ4n) is 2.38. The maximum absolute atomic E-state index is 13.7. The van der Waals surface area contributed by atoms with Gasteiger partial charge in [-0.2, -0.15) is 0 Å². The highest BCUT2D eigenvalue weighted by molar-refractivity contribution is 5.77. The predicted molar refractivity (Wildman–Crippen MR) is 79.9 cm³/mol. The van der Waals surface area contributed by atoms with Crippen LogP contribution in [0.25, 0.3) is 11.1 Å². The summed E-state index contributed by atoms with van der Waals surface area (Å²) in [5.41, 5.74) is 2.59. The lowest BCUT2D eigenvalue weighted by atomic mass is 10.1. The van der Waals surface area contributed by atoms with Crippen molar-refractivity contribution < 1.29 is 8.81 Å². The molecule has 5 heteroatoms. The van der Waals surface area contributed by atoms with Gasteiger partial charge in [-0.15, -0.1) is 0 Å². The summed E-state index contributed by atoms with van der Waals surface area (Å²) >= 11 is 0. The van der Waals surface area contributed by atoms with Gasteiger partial charge in [0.25, 0.3) is 0 Å². The number of nitrogens with zero attached hydrogens (tertiary/aromatic N) is 1. The number of oxazole rings is 1. The summed E-state index contributed by atoms with van der Waals surface area (Å²) in [7, 11) is 1.66. The molecule has 0 aliphatic heterocycles. The number of hydrogen-bond acceptors (Lipinski definition) is 3. The molecule has 0 saturated heterocycles. The molecule has 108 valence electrons.